The molecule has 0 saturated heterocycles. The number of alkyl halides is 2. The normalized spacial score (nSPS) is 11.0. The summed E-state index contributed by atoms with van der Waals surface area (Å²) in [5.74, 6) is -0.0662. The largest absolute Gasteiger partial charge is 0.507 e. The number of thioether (sulfide) groups is 1. The second kappa shape index (κ2) is 11.6. The lowest BCUT2D eigenvalue weighted by Crippen LogP contribution is -2.17. The first-order chi connectivity index (χ1) is 16.7. The molecule has 0 aliphatic rings. The number of hydrazone groups is 1. The van der Waals surface area contributed by atoms with Gasteiger partial charge in [-0.05, 0) is 60.5 Å². The number of carbonyl (C=O) groups excluding carboxylic acids is 1. The molecule has 0 atom stereocenters. The maximum absolute atomic E-state index is 13.2. The fourth-order valence-corrected chi connectivity index (χ4v) is 4.29. The summed E-state index contributed by atoms with van der Waals surface area (Å²) in [4.78, 5) is 16.2. The second-order valence-corrected chi connectivity index (χ2v) is 8.58. The highest BCUT2D eigenvalue weighted by atomic mass is 35.5. The van der Waals surface area contributed by atoms with Gasteiger partial charge in [-0.3, -0.25) is 4.79 Å². The number of phenols is 1. The van der Waals surface area contributed by atoms with E-state index in [1.165, 1.54) is 37.6 Å². The molecular formula is C24H19ClF2N4O3S. The topological polar surface area (TPSA) is 108 Å². The number of nitrogens with zero attached hydrogens (tertiary/aromatic N) is 3. The predicted molar refractivity (Wildman–Crippen MR) is 129 cm³/mol. The molecule has 0 unspecified atom stereocenters. The van der Waals surface area contributed by atoms with Crippen molar-refractivity contribution in [1.29, 1.82) is 5.26 Å². The zero-order valence-electron chi connectivity index (χ0n) is 18.6. The average molecular weight is 517 g/mol. The van der Waals surface area contributed by atoms with Gasteiger partial charge in [0.25, 0.3) is 12.3 Å². The Labute approximate surface area is 209 Å². The van der Waals surface area contributed by atoms with Crippen LogP contribution in [0.25, 0.3) is 0 Å². The molecule has 7 nitrogen and oxygen atoms in total. The number of aromatic nitrogens is 1. The summed E-state index contributed by atoms with van der Waals surface area (Å²) in [5.41, 5.74) is 3.94. The molecule has 0 fully saturated rings. The Hall–Kier alpha value is -3.68. The molecule has 1 amide bonds. The minimum atomic E-state index is -2.75. The van der Waals surface area contributed by atoms with E-state index in [-0.39, 0.29) is 33.3 Å². The van der Waals surface area contributed by atoms with Gasteiger partial charge in [0.2, 0.25) is 0 Å². The monoisotopic (exact) mass is 516 g/mol. The number of hydrogen-bond acceptors (Lipinski definition) is 7. The van der Waals surface area contributed by atoms with Crippen LogP contribution in [0.4, 0.5) is 8.78 Å². The van der Waals surface area contributed by atoms with Crippen LogP contribution in [0.2, 0.25) is 5.02 Å². The predicted octanol–water partition coefficient (Wildman–Crippen LogP) is 5.62. The number of aromatic hydroxyl groups is 1. The van der Waals surface area contributed by atoms with Crippen molar-refractivity contribution < 1.29 is 23.4 Å². The molecule has 2 N–H and O–H groups in total. The number of aryl methyl sites for hydroxylation is 1. The van der Waals surface area contributed by atoms with Crippen molar-refractivity contribution in [3.8, 4) is 17.6 Å². The lowest BCUT2D eigenvalue weighted by atomic mass is 10.1. The third kappa shape index (κ3) is 6.47. The van der Waals surface area contributed by atoms with E-state index in [0.717, 1.165) is 11.8 Å². The molecular weight excluding hydrogens is 498 g/mol. The Morgan fingerprint density at radius 1 is 1.34 bits per heavy atom. The summed E-state index contributed by atoms with van der Waals surface area (Å²) in [7, 11) is 1.50. The van der Waals surface area contributed by atoms with Gasteiger partial charge in [-0.2, -0.15) is 10.4 Å². The number of hydrogen-bond donors (Lipinski definition) is 2. The highest BCUT2D eigenvalue weighted by molar-refractivity contribution is 7.98. The second-order valence-electron chi connectivity index (χ2n) is 7.18. The summed E-state index contributed by atoms with van der Waals surface area (Å²) < 4.78 is 31.7. The van der Waals surface area contributed by atoms with Crippen LogP contribution in [-0.4, -0.2) is 29.3 Å². The van der Waals surface area contributed by atoms with Crippen molar-refractivity contribution >= 4 is 35.5 Å². The van der Waals surface area contributed by atoms with Crippen molar-refractivity contribution in [3.63, 3.8) is 0 Å². The summed E-state index contributed by atoms with van der Waals surface area (Å²) in [6.07, 6.45) is -1.35. The number of pyridine rings is 1. The zero-order chi connectivity index (χ0) is 25.5. The van der Waals surface area contributed by atoms with Gasteiger partial charge >= 0.3 is 0 Å². The first-order valence-electron chi connectivity index (χ1n) is 10.0. The Morgan fingerprint density at radius 3 is 2.77 bits per heavy atom. The molecule has 35 heavy (non-hydrogen) atoms. The van der Waals surface area contributed by atoms with Crippen molar-refractivity contribution in [1.82, 2.24) is 10.4 Å². The first-order valence-corrected chi connectivity index (χ1v) is 11.4. The fourth-order valence-electron chi connectivity index (χ4n) is 3.08. The van der Waals surface area contributed by atoms with Crippen LogP contribution in [0.15, 0.2) is 52.6 Å². The van der Waals surface area contributed by atoms with E-state index in [9.17, 15) is 23.9 Å². The van der Waals surface area contributed by atoms with Gasteiger partial charge in [-0.15, -0.1) is 11.8 Å². The third-order valence-electron chi connectivity index (χ3n) is 4.79. The van der Waals surface area contributed by atoms with Gasteiger partial charge in [-0.1, -0.05) is 11.6 Å². The van der Waals surface area contributed by atoms with Crippen LogP contribution in [-0.2, 0) is 5.75 Å². The van der Waals surface area contributed by atoms with Crippen molar-refractivity contribution in [2.24, 2.45) is 5.10 Å². The minimum Gasteiger partial charge on any atom is -0.507 e. The van der Waals surface area contributed by atoms with Gasteiger partial charge in [0.1, 0.15) is 28.3 Å². The number of carbonyl (C=O) groups is 1. The molecule has 0 bridgehead atoms. The van der Waals surface area contributed by atoms with Crippen LogP contribution in [0.1, 0.15) is 44.7 Å². The molecule has 2 aromatic carbocycles. The molecule has 11 heteroatoms. The minimum absolute atomic E-state index is 0.0143. The van der Waals surface area contributed by atoms with Gasteiger partial charge in [0.05, 0.1) is 24.5 Å². The Bertz CT molecular complexity index is 1330. The molecule has 1 heterocycles. The van der Waals surface area contributed by atoms with Crippen LogP contribution in [0.5, 0.6) is 11.5 Å². The van der Waals surface area contributed by atoms with Crippen LogP contribution < -0.4 is 10.2 Å². The van der Waals surface area contributed by atoms with Gasteiger partial charge in [0, 0.05) is 16.3 Å². The molecule has 180 valence electrons. The van der Waals surface area contributed by atoms with E-state index in [2.05, 4.69) is 15.5 Å². The van der Waals surface area contributed by atoms with Crippen LogP contribution in [0.3, 0.4) is 0 Å². The standard InChI is InChI=1S/C24H19ClF2N4O3S/c1-13-7-19(22(26)27)30-24(18(13)10-28)35-12-15-8-14(3-6-21(15)34-2)11-29-31-23(33)17-5-4-16(25)9-20(17)32/h3-9,11,22,32H,12H2,1-2H3,(H,31,33)/b29-11-. The smallest absolute Gasteiger partial charge is 0.280 e. The van der Waals surface area contributed by atoms with E-state index in [1.807, 2.05) is 6.07 Å². The fraction of sp³-hybridized carbons (Fsp3) is 0.167. The number of phenolic OH excluding ortho intramolecular Hbond substituents is 1. The number of halogens is 3. The number of ether oxygens (including phenoxy) is 1. The number of nitriles is 1. The number of methoxy groups -OCH3 is 1. The van der Waals surface area contributed by atoms with Crippen molar-refractivity contribution in [2.75, 3.05) is 7.11 Å². The number of amides is 1. The summed E-state index contributed by atoms with van der Waals surface area (Å²) >= 11 is 6.91. The van der Waals surface area contributed by atoms with Crippen LogP contribution >= 0.6 is 23.4 Å². The number of benzene rings is 2. The number of rotatable bonds is 8. The first kappa shape index (κ1) is 25.9. The molecule has 0 radical (unpaired) electrons. The summed E-state index contributed by atoms with van der Waals surface area (Å²) in [6, 6.07) is 12.5. The molecule has 1 aromatic heterocycles. The van der Waals surface area contributed by atoms with E-state index < -0.39 is 12.3 Å². The van der Waals surface area contributed by atoms with Gasteiger partial charge in [-0.25, -0.2) is 19.2 Å². The van der Waals surface area contributed by atoms with Gasteiger partial charge in [0.15, 0.2) is 0 Å². The molecule has 0 saturated carbocycles. The maximum atomic E-state index is 13.2. The maximum Gasteiger partial charge on any atom is 0.280 e. The lowest BCUT2D eigenvalue weighted by molar-refractivity contribution is 0.0952. The molecule has 0 aliphatic heterocycles. The Morgan fingerprint density at radius 2 is 2.11 bits per heavy atom. The third-order valence-corrected chi connectivity index (χ3v) is 6.05. The molecule has 0 spiro atoms. The summed E-state index contributed by atoms with van der Waals surface area (Å²) in [6.45, 7) is 1.59. The summed E-state index contributed by atoms with van der Waals surface area (Å²) in [5, 5.41) is 23.7. The van der Waals surface area contributed by atoms with Crippen LogP contribution in [0, 0.1) is 18.3 Å². The van der Waals surface area contributed by atoms with E-state index in [4.69, 9.17) is 16.3 Å². The highest BCUT2D eigenvalue weighted by Gasteiger charge is 2.17. The molecule has 3 rings (SSSR count). The lowest BCUT2D eigenvalue weighted by Gasteiger charge is -2.11. The van der Waals surface area contributed by atoms with E-state index in [1.54, 1.807) is 25.1 Å². The average Bonchev–Trinajstić information content (AvgIpc) is 2.82. The van der Waals surface area contributed by atoms with Crippen molar-refractivity contribution in [3.05, 3.63) is 81.0 Å². The molecule has 3 aromatic rings. The SMILES string of the molecule is COc1ccc(/C=N\NC(=O)c2ccc(Cl)cc2O)cc1CSc1nc(C(F)F)cc(C)c1C#N. The highest BCUT2D eigenvalue weighted by Crippen LogP contribution is 2.32. The van der Waals surface area contributed by atoms with E-state index >= 15 is 0 Å². The zero-order valence-corrected chi connectivity index (χ0v) is 20.1. The Kier molecular flexibility index (Phi) is 8.63. The Balaban J connectivity index is 1.77. The van der Waals surface area contributed by atoms with E-state index in [0.29, 0.717) is 27.5 Å². The van der Waals surface area contributed by atoms with Crippen molar-refractivity contribution in [2.45, 2.75) is 24.1 Å². The quantitative estimate of drug-likeness (QED) is 0.228. The van der Waals surface area contributed by atoms with Gasteiger partial charge < -0.3 is 9.84 Å². The number of nitrogens with one attached hydrogen (secondary N) is 1. The molecule has 0 aliphatic carbocycles.